The Kier molecular flexibility index (Phi) is 9.84. The summed E-state index contributed by atoms with van der Waals surface area (Å²) in [7, 11) is 0. The van der Waals surface area contributed by atoms with E-state index < -0.39 is 0 Å². The molecule has 0 atom stereocenters. The van der Waals surface area contributed by atoms with Gasteiger partial charge >= 0.3 is 0 Å². The first-order valence-corrected chi connectivity index (χ1v) is 18.6. The Morgan fingerprint density at radius 3 is 1.82 bits per heavy atom. The largest absolute Gasteiger partial charge is 0.476 e. The third-order valence-electron chi connectivity index (χ3n) is 10.2. The van der Waals surface area contributed by atoms with Gasteiger partial charge in [0, 0.05) is 54.5 Å². The molecular weight excluding hydrogens is 875 g/mol. The van der Waals surface area contributed by atoms with E-state index in [4.69, 9.17) is 9.40 Å². The summed E-state index contributed by atoms with van der Waals surface area (Å²) in [5.41, 5.74) is 13.6. The fourth-order valence-electron chi connectivity index (χ4n) is 7.47. The van der Waals surface area contributed by atoms with Crippen LogP contribution < -0.4 is 0 Å². The van der Waals surface area contributed by atoms with Crippen LogP contribution in [0, 0.1) is 12.1 Å². The van der Waals surface area contributed by atoms with Crippen molar-refractivity contribution in [1.82, 2.24) is 14.5 Å². The van der Waals surface area contributed by atoms with Crippen LogP contribution in [0.1, 0.15) is 0 Å². The fourth-order valence-corrected chi connectivity index (χ4v) is 7.47. The average molecular weight is 908 g/mol. The van der Waals surface area contributed by atoms with Gasteiger partial charge in [-0.05, 0) is 75.4 Å². The predicted octanol–water partition coefficient (Wildman–Crippen LogP) is 13.4. The molecule has 0 aliphatic carbocycles. The minimum absolute atomic E-state index is 0. The van der Waals surface area contributed by atoms with Crippen LogP contribution in [0.15, 0.2) is 205 Å². The molecule has 7 aromatic carbocycles. The van der Waals surface area contributed by atoms with Crippen molar-refractivity contribution in [2.24, 2.45) is 0 Å². The van der Waals surface area contributed by atoms with Crippen LogP contribution in [0.3, 0.4) is 0 Å². The summed E-state index contributed by atoms with van der Waals surface area (Å²) in [6.07, 6.45) is 3.79. The summed E-state index contributed by atoms with van der Waals surface area (Å²) in [4.78, 5) is 9.18. The van der Waals surface area contributed by atoms with Crippen molar-refractivity contribution in [1.29, 1.82) is 0 Å². The van der Waals surface area contributed by atoms with Crippen molar-refractivity contribution < 1.29 is 24.5 Å². The van der Waals surface area contributed by atoms with E-state index in [1.54, 1.807) is 6.20 Å². The molecule has 0 fully saturated rings. The summed E-state index contributed by atoms with van der Waals surface area (Å²) in [5, 5.41) is 4.43. The molecule has 11 aromatic rings. The summed E-state index contributed by atoms with van der Waals surface area (Å²) in [6.45, 7) is 0. The summed E-state index contributed by atoms with van der Waals surface area (Å²) >= 11 is 0. The zero-order valence-electron chi connectivity index (χ0n) is 30.6. The van der Waals surface area contributed by atoms with Crippen molar-refractivity contribution in [3.8, 4) is 50.5 Å². The molecule has 4 nitrogen and oxygen atoms in total. The van der Waals surface area contributed by atoms with Crippen molar-refractivity contribution in [3.05, 3.63) is 213 Å². The number of para-hydroxylation sites is 1. The summed E-state index contributed by atoms with van der Waals surface area (Å²) in [5.74, 6) is 0. The second kappa shape index (κ2) is 15.7. The van der Waals surface area contributed by atoms with Gasteiger partial charge < -0.3 is 19.0 Å². The maximum absolute atomic E-state index is 6.34. The van der Waals surface area contributed by atoms with E-state index in [1.807, 2.05) is 60.8 Å². The van der Waals surface area contributed by atoms with Gasteiger partial charge in [-0.15, -0.1) is 53.6 Å². The Morgan fingerprint density at radius 1 is 0.439 bits per heavy atom. The first-order chi connectivity index (χ1) is 27.8. The molecule has 0 saturated heterocycles. The van der Waals surface area contributed by atoms with Gasteiger partial charge in [0.2, 0.25) is 0 Å². The Labute approximate surface area is 344 Å². The van der Waals surface area contributed by atoms with E-state index in [0.29, 0.717) is 0 Å². The molecule has 1 radical (unpaired) electrons. The monoisotopic (exact) mass is 908 g/mol. The van der Waals surface area contributed by atoms with Crippen molar-refractivity contribution >= 4 is 43.7 Å². The second-order valence-corrected chi connectivity index (χ2v) is 13.7. The van der Waals surface area contributed by atoms with Gasteiger partial charge in [-0.2, -0.15) is 0 Å². The van der Waals surface area contributed by atoms with Gasteiger partial charge in [0.25, 0.3) is 0 Å². The Hall–Kier alpha value is -6.91. The van der Waals surface area contributed by atoms with E-state index in [9.17, 15) is 0 Å². The van der Waals surface area contributed by atoms with Crippen LogP contribution in [0.2, 0.25) is 0 Å². The van der Waals surface area contributed by atoms with E-state index >= 15 is 0 Å². The summed E-state index contributed by atoms with van der Waals surface area (Å²) in [6, 6.07) is 71.2. The number of furan rings is 1. The zero-order valence-corrected chi connectivity index (χ0v) is 33.0. The molecule has 11 rings (SSSR count). The Bertz CT molecular complexity index is 3070. The quantitative estimate of drug-likeness (QED) is 0.162. The van der Waals surface area contributed by atoms with Crippen molar-refractivity contribution in [2.45, 2.75) is 0 Å². The van der Waals surface area contributed by atoms with Crippen LogP contribution >= 0.6 is 0 Å². The number of hydrogen-bond donors (Lipinski definition) is 0. The molecule has 0 saturated carbocycles. The molecule has 0 aliphatic rings. The van der Waals surface area contributed by atoms with E-state index in [-0.39, 0.29) is 20.1 Å². The molecule has 0 unspecified atom stereocenters. The van der Waals surface area contributed by atoms with Gasteiger partial charge in [-0.3, -0.25) is 0 Å². The molecule has 0 N–H and O–H groups in total. The van der Waals surface area contributed by atoms with Crippen molar-refractivity contribution in [2.75, 3.05) is 0 Å². The van der Waals surface area contributed by atoms with Gasteiger partial charge in [0.1, 0.15) is 5.58 Å². The van der Waals surface area contributed by atoms with E-state index in [2.05, 4.69) is 155 Å². The molecule has 0 spiro atoms. The number of rotatable bonds is 5. The average Bonchev–Trinajstić information content (AvgIpc) is 3.82. The van der Waals surface area contributed by atoms with E-state index in [0.717, 1.165) is 66.6 Å². The molecule has 0 amide bonds. The molecule has 5 heteroatoms. The first-order valence-electron chi connectivity index (χ1n) is 18.6. The van der Waals surface area contributed by atoms with Crippen molar-refractivity contribution in [3.63, 3.8) is 0 Å². The summed E-state index contributed by atoms with van der Waals surface area (Å²) < 4.78 is 8.67. The molecule has 4 aromatic heterocycles. The number of aromatic nitrogens is 3. The van der Waals surface area contributed by atoms with Gasteiger partial charge in [-0.25, -0.2) is 0 Å². The van der Waals surface area contributed by atoms with Gasteiger partial charge in [-0.1, -0.05) is 127 Å². The maximum Gasteiger partial charge on any atom is 0.123 e. The minimum atomic E-state index is 0. The first kappa shape index (κ1) is 35.8. The standard InChI is InChI=1S/C41H25N2O.C11H8N.Ir/c1-4-10-27(11-5-1)29-17-20-38-34(22-29)36-26-42-37(25-39(36)43(38)32-14-8-3-9-15-32)31-16-19-33-35-23-30(28-12-6-2-7-13-28)18-21-40(35)44-41(33)24-31;1-2-6-10(7-3-1)11-8-4-5-9-12-11;/h1-15,17-26H;1-6,8-9H;/q2*-1;. The van der Waals surface area contributed by atoms with Crippen LogP contribution in [0.25, 0.3) is 94.2 Å². The third kappa shape index (κ3) is 6.96. The number of nitrogens with zero attached hydrogens (tertiary/aromatic N) is 3. The third-order valence-corrected chi connectivity index (χ3v) is 10.2. The van der Waals surface area contributed by atoms with Crippen LogP contribution in [0.5, 0.6) is 0 Å². The van der Waals surface area contributed by atoms with Crippen LogP contribution in [-0.4, -0.2) is 14.5 Å². The molecule has 4 heterocycles. The van der Waals surface area contributed by atoms with Gasteiger partial charge in [0.05, 0.1) is 11.1 Å². The number of fused-ring (bicyclic) bond motifs is 6. The molecule has 273 valence electrons. The number of hydrogen-bond acceptors (Lipinski definition) is 3. The minimum Gasteiger partial charge on any atom is -0.476 e. The molecular formula is C52H33IrN3O-2. The van der Waals surface area contributed by atoms with Gasteiger partial charge in [0.15, 0.2) is 0 Å². The zero-order chi connectivity index (χ0) is 37.3. The fraction of sp³-hybridized carbons (Fsp3) is 0. The molecule has 0 bridgehead atoms. The molecule has 0 aliphatic heterocycles. The number of benzene rings is 7. The Morgan fingerprint density at radius 2 is 1.12 bits per heavy atom. The number of pyridine rings is 2. The maximum atomic E-state index is 6.34. The molecule has 57 heavy (non-hydrogen) atoms. The normalized spacial score (nSPS) is 11.0. The second-order valence-electron chi connectivity index (χ2n) is 13.7. The Balaban J connectivity index is 0.000000279. The van der Waals surface area contributed by atoms with Crippen LogP contribution in [0.4, 0.5) is 0 Å². The SMILES string of the molecule is [Ir].[c-]1cc2c(cc1-c1cc3c(cn1)c1cc(-c4ccccc4)ccc1n3-c1ccccc1)oc1ccc(-c3ccccc3)cc12.[c-]1ccccc1-c1ccccn1. The van der Waals surface area contributed by atoms with E-state index in [1.165, 1.54) is 27.6 Å². The van der Waals surface area contributed by atoms with Crippen LogP contribution in [-0.2, 0) is 20.1 Å². The smallest absolute Gasteiger partial charge is 0.123 e. The predicted molar refractivity (Wildman–Crippen MR) is 230 cm³/mol. The topological polar surface area (TPSA) is 43.9 Å².